The molecule has 1 aromatic rings. The smallest absolute Gasteiger partial charge is 0.126 e. The first-order chi connectivity index (χ1) is 7.97. The summed E-state index contributed by atoms with van der Waals surface area (Å²) in [4.78, 5) is 0. The van der Waals surface area contributed by atoms with E-state index in [1.165, 1.54) is 24.8 Å². The molecule has 1 fully saturated rings. The van der Waals surface area contributed by atoms with Crippen LogP contribution in [0.2, 0.25) is 0 Å². The summed E-state index contributed by atoms with van der Waals surface area (Å²) in [6.07, 6.45) is 6.09. The Balaban J connectivity index is 2.03. The van der Waals surface area contributed by atoms with Gasteiger partial charge in [0, 0.05) is 0 Å². The van der Waals surface area contributed by atoms with Crippen LogP contribution in [0.3, 0.4) is 0 Å². The molecule has 0 aliphatic heterocycles. The van der Waals surface area contributed by atoms with Gasteiger partial charge < -0.3 is 0 Å². The monoisotopic (exact) mass is 234 g/mol. The van der Waals surface area contributed by atoms with Crippen LogP contribution < -0.4 is 0 Å². The highest BCUT2D eigenvalue weighted by molar-refractivity contribution is 5.29. The predicted octanol–water partition coefficient (Wildman–Crippen LogP) is 4.86. The van der Waals surface area contributed by atoms with Crippen molar-refractivity contribution in [1.82, 2.24) is 0 Å². The van der Waals surface area contributed by atoms with Crippen molar-refractivity contribution in [3.8, 4) is 0 Å². The fraction of sp³-hybridized carbons (Fsp3) is 0.625. The summed E-state index contributed by atoms with van der Waals surface area (Å²) in [7, 11) is 0. The molecule has 17 heavy (non-hydrogen) atoms. The van der Waals surface area contributed by atoms with Gasteiger partial charge in [0.25, 0.3) is 0 Å². The second-order valence-electron chi connectivity index (χ2n) is 6.39. The van der Waals surface area contributed by atoms with Crippen LogP contribution in [0.1, 0.15) is 57.6 Å². The zero-order chi connectivity index (χ0) is 12.5. The molecule has 1 aliphatic rings. The summed E-state index contributed by atoms with van der Waals surface area (Å²) in [6, 6.07) is 5.61. The van der Waals surface area contributed by atoms with Crippen LogP contribution in [0.5, 0.6) is 0 Å². The van der Waals surface area contributed by atoms with Crippen LogP contribution in [-0.2, 0) is 11.8 Å². The lowest BCUT2D eigenvalue weighted by Crippen LogP contribution is -2.11. The van der Waals surface area contributed by atoms with Gasteiger partial charge in [0.1, 0.15) is 5.82 Å². The van der Waals surface area contributed by atoms with E-state index in [2.05, 4.69) is 26.8 Å². The van der Waals surface area contributed by atoms with Crippen LogP contribution in [-0.4, -0.2) is 0 Å². The quantitative estimate of drug-likeness (QED) is 0.698. The average Bonchev–Trinajstić information content (AvgIpc) is 3.03. The summed E-state index contributed by atoms with van der Waals surface area (Å²) in [5.41, 5.74) is 2.25. The minimum absolute atomic E-state index is 0.0335. The summed E-state index contributed by atoms with van der Waals surface area (Å²) >= 11 is 0. The third kappa shape index (κ3) is 3.55. The van der Waals surface area contributed by atoms with Crippen molar-refractivity contribution in [2.45, 2.75) is 58.3 Å². The molecule has 0 saturated heterocycles. The van der Waals surface area contributed by atoms with Gasteiger partial charge in [-0.05, 0) is 41.4 Å². The molecular weight excluding hydrogens is 211 g/mol. The van der Waals surface area contributed by atoms with Gasteiger partial charge in [-0.1, -0.05) is 52.2 Å². The van der Waals surface area contributed by atoms with Crippen molar-refractivity contribution < 1.29 is 4.39 Å². The zero-order valence-electron chi connectivity index (χ0n) is 11.2. The lowest BCUT2D eigenvalue weighted by atomic mass is 9.85. The minimum Gasteiger partial charge on any atom is -0.207 e. The highest BCUT2D eigenvalue weighted by Gasteiger charge is 2.21. The van der Waals surface area contributed by atoms with Crippen molar-refractivity contribution in [3.63, 3.8) is 0 Å². The maximum atomic E-state index is 13.7. The van der Waals surface area contributed by atoms with Gasteiger partial charge >= 0.3 is 0 Å². The molecule has 0 unspecified atom stereocenters. The topological polar surface area (TPSA) is 0 Å². The van der Waals surface area contributed by atoms with Gasteiger partial charge in [0.2, 0.25) is 0 Å². The Morgan fingerprint density at radius 2 is 1.94 bits per heavy atom. The van der Waals surface area contributed by atoms with Crippen molar-refractivity contribution >= 4 is 0 Å². The Hall–Kier alpha value is -0.850. The lowest BCUT2D eigenvalue weighted by molar-refractivity contribution is 0.569. The van der Waals surface area contributed by atoms with E-state index in [9.17, 15) is 4.39 Å². The first-order valence-electron chi connectivity index (χ1n) is 6.76. The number of halogens is 1. The molecule has 0 N–H and O–H groups in total. The molecule has 0 radical (unpaired) electrons. The first-order valence-corrected chi connectivity index (χ1v) is 6.76. The Morgan fingerprint density at radius 1 is 1.24 bits per heavy atom. The zero-order valence-corrected chi connectivity index (χ0v) is 11.2. The number of hydrogen-bond donors (Lipinski definition) is 0. The Kier molecular flexibility index (Phi) is 3.56. The van der Waals surface area contributed by atoms with Crippen LogP contribution in [0.25, 0.3) is 0 Å². The Morgan fingerprint density at radius 3 is 2.53 bits per heavy atom. The third-order valence-electron chi connectivity index (χ3n) is 3.67. The fourth-order valence-electron chi connectivity index (χ4n) is 2.22. The van der Waals surface area contributed by atoms with Gasteiger partial charge in [-0.15, -0.1) is 0 Å². The van der Waals surface area contributed by atoms with Crippen molar-refractivity contribution in [1.29, 1.82) is 0 Å². The average molecular weight is 234 g/mol. The number of benzene rings is 1. The summed E-state index contributed by atoms with van der Waals surface area (Å²) in [5.74, 6) is 0.914. The standard InChI is InChI=1S/C16H23F/c1-16(2,3)14-9-10-15(17)13(11-14)6-4-5-12-7-8-12/h9-12H,4-8H2,1-3H3. The third-order valence-corrected chi connectivity index (χ3v) is 3.67. The van der Waals surface area contributed by atoms with Crippen LogP contribution in [0, 0.1) is 11.7 Å². The maximum Gasteiger partial charge on any atom is 0.126 e. The van der Waals surface area contributed by atoms with E-state index in [0.29, 0.717) is 0 Å². The SMILES string of the molecule is CC(C)(C)c1ccc(F)c(CCCC2CC2)c1. The Bertz CT molecular complexity index is 383. The van der Waals surface area contributed by atoms with Crippen molar-refractivity contribution in [3.05, 3.63) is 35.1 Å². The van der Waals surface area contributed by atoms with Gasteiger partial charge in [-0.25, -0.2) is 4.39 Å². The summed E-state index contributed by atoms with van der Waals surface area (Å²) in [6.45, 7) is 6.52. The normalized spacial score (nSPS) is 16.2. The molecule has 0 bridgehead atoms. The van der Waals surface area contributed by atoms with Gasteiger partial charge in [0.15, 0.2) is 0 Å². The molecule has 1 heteroatoms. The minimum atomic E-state index is -0.0335. The van der Waals surface area contributed by atoms with E-state index in [-0.39, 0.29) is 11.2 Å². The van der Waals surface area contributed by atoms with Gasteiger partial charge in [-0.3, -0.25) is 0 Å². The van der Waals surface area contributed by atoms with Crippen LogP contribution in [0.4, 0.5) is 4.39 Å². The van der Waals surface area contributed by atoms with Crippen molar-refractivity contribution in [2.24, 2.45) is 5.92 Å². The largest absolute Gasteiger partial charge is 0.207 e. The molecule has 0 amide bonds. The molecule has 1 saturated carbocycles. The second kappa shape index (κ2) is 4.80. The molecule has 0 nitrogen and oxygen atoms in total. The molecule has 0 heterocycles. The molecule has 1 aliphatic carbocycles. The molecular formula is C16H23F. The highest BCUT2D eigenvalue weighted by Crippen LogP contribution is 2.34. The molecule has 1 aromatic carbocycles. The van der Waals surface area contributed by atoms with E-state index >= 15 is 0 Å². The van der Waals surface area contributed by atoms with Gasteiger partial charge in [-0.2, -0.15) is 0 Å². The number of hydrogen-bond acceptors (Lipinski definition) is 0. The van der Waals surface area contributed by atoms with E-state index in [1.54, 1.807) is 6.07 Å². The molecule has 0 aromatic heterocycles. The van der Waals surface area contributed by atoms with Gasteiger partial charge in [0.05, 0.1) is 0 Å². The number of rotatable bonds is 4. The molecule has 2 rings (SSSR count). The number of aryl methyl sites for hydroxylation is 1. The maximum absolute atomic E-state index is 13.7. The predicted molar refractivity (Wildman–Crippen MR) is 70.8 cm³/mol. The lowest BCUT2D eigenvalue weighted by Gasteiger charge is -2.20. The van der Waals surface area contributed by atoms with Crippen molar-refractivity contribution in [2.75, 3.05) is 0 Å². The molecule has 94 valence electrons. The summed E-state index contributed by atoms with van der Waals surface area (Å²) < 4.78 is 13.7. The second-order valence-corrected chi connectivity index (χ2v) is 6.39. The van der Waals surface area contributed by atoms with E-state index in [1.807, 2.05) is 6.07 Å². The Labute approximate surface area is 104 Å². The van der Waals surface area contributed by atoms with E-state index < -0.39 is 0 Å². The van der Waals surface area contributed by atoms with Crippen LogP contribution in [0.15, 0.2) is 18.2 Å². The molecule has 0 atom stereocenters. The molecule has 0 spiro atoms. The van der Waals surface area contributed by atoms with E-state index in [0.717, 1.165) is 24.3 Å². The van der Waals surface area contributed by atoms with E-state index in [4.69, 9.17) is 0 Å². The first kappa shape index (κ1) is 12.6. The highest BCUT2D eigenvalue weighted by atomic mass is 19.1. The van der Waals surface area contributed by atoms with Crippen LogP contribution >= 0.6 is 0 Å². The fourth-order valence-corrected chi connectivity index (χ4v) is 2.22. The summed E-state index contributed by atoms with van der Waals surface area (Å²) in [5, 5.41) is 0.